The molecule has 0 bridgehead atoms. The van der Waals surface area contributed by atoms with Crippen molar-refractivity contribution in [2.45, 2.75) is 25.4 Å². The van der Waals surface area contributed by atoms with Gasteiger partial charge in [0, 0.05) is 25.1 Å². The fourth-order valence-corrected chi connectivity index (χ4v) is 3.75. The lowest BCUT2D eigenvalue weighted by Gasteiger charge is -2.31. The van der Waals surface area contributed by atoms with Crippen LogP contribution in [-0.4, -0.2) is 48.1 Å². The minimum Gasteiger partial charge on any atom is -0.378 e. The summed E-state index contributed by atoms with van der Waals surface area (Å²) in [6, 6.07) is 3.65. The molecule has 1 aliphatic heterocycles. The van der Waals surface area contributed by atoms with E-state index < -0.39 is 11.6 Å². The second kappa shape index (κ2) is 10.1. The van der Waals surface area contributed by atoms with Gasteiger partial charge in [-0.2, -0.15) is 0 Å². The molecular weight excluding hydrogens is 396 g/mol. The van der Waals surface area contributed by atoms with Crippen LogP contribution >= 0.6 is 23.7 Å². The van der Waals surface area contributed by atoms with Gasteiger partial charge in [0.1, 0.15) is 22.3 Å². The Morgan fingerprint density at radius 3 is 2.59 bits per heavy atom. The van der Waals surface area contributed by atoms with Crippen molar-refractivity contribution in [3.05, 3.63) is 40.9 Å². The number of amides is 1. The largest absolute Gasteiger partial charge is 0.378 e. The van der Waals surface area contributed by atoms with Crippen LogP contribution in [-0.2, 0) is 4.74 Å². The lowest BCUT2D eigenvalue weighted by atomic mass is 10.1. The molecule has 0 atom stereocenters. The van der Waals surface area contributed by atoms with Crippen LogP contribution in [0.5, 0.6) is 0 Å². The smallest absolute Gasteiger partial charge is 0.273 e. The summed E-state index contributed by atoms with van der Waals surface area (Å²) in [6.07, 6.45) is 2.49. The van der Waals surface area contributed by atoms with Crippen LogP contribution in [0.3, 0.4) is 0 Å². The SMILES string of the molecule is Cl.NCCCOC1CCN(C(=O)c2csc(-c3c(F)cccc3F)n2)CC1. The van der Waals surface area contributed by atoms with E-state index in [0.29, 0.717) is 26.2 Å². The second-order valence-electron chi connectivity index (χ2n) is 6.14. The van der Waals surface area contributed by atoms with Gasteiger partial charge in [0.15, 0.2) is 0 Å². The van der Waals surface area contributed by atoms with Crippen molar-refractivity contribution >= 4 is 29.7 Å². The van der Waals surface area contributed by atoms with Crippen LogP contribution in [0.2, 0.25) is 0 Å². The number of aromatic nitrogens is 1. The quantitative estimate of drug-likeness (QED) is 0.730. The van der Waals surface area contributed by atoms with Crippen molar-refractivity contribution in [2.75, 3.05) is 26.2 Å². The zero-order chi connectivity index (χ0) is 18.5. The minimum atomic E-state index is -0.686. The number of likely N-dealkylation sites (tertiary alicyclic amines) is 1. The van der Waals surface area contributed by atoms with Gasteiger partial charge >= 0.3 is 0 Å². The summed E-state index contributed by atoms with van der Waals surface area (Å²) in [7, 11) is 0. The van der Waals surface area contributed by atoms with Crippen LogP contribution in [0.25, 0.3) is 10.6 Å². The molecule has 1 aromatic carbocycles. The van der Waals surface area contributed by atoms with Crippen LogP contribution in [0.4, 0.5) is 8.78 Å². The van der Waals surface area contributed by atoms with E-state index in [1.54, 1.807) is 10.3 Å². The highest BCUT2D eigenvalue weighted by Gasteiger charge is 2.26. The van der Waals surface area contributed by atoms with Gasteiger partial charge in [-0.05, 0) is 37.9 Å². The number of hydrogen-bond acceptors (Lipinski definition) is 5. The highest BCUT2D eigenvalue weighted by molar-refractivity contribution is 7.13. The fourth-order valence-electron chi connectivity index (χ4n) is 2.91. The fraction of sp³-hybridized carbons (Fsp3) is 0.444. The van der Waals surface area contributed by atoms with Crippen molar-refractivity contribution in [2.24, 2.45) is 5.73 Å². The average molecular weight is 418 g/mol. The first-order chi connectivity index (χ1) is 12.6. The van der Waals surface area contributed by atoms with E-state index in [1.807, 2.05) is 0 Å². The molecule has 0 radical (unpaired) electrons. The predicted octanol–water partition coefficient (Wildman–Crippen LogP) is 3.48. The third-order valence-electron chi connectivity index (χ3n) is 4.33. The maximum atomic E-state index is 13.9. The predicted molar refractivity (Wildman–Crippen MR) is 103 cm³/mol. The molecule has 5 nitrogen and oxygen atoms in total. The molecule has 0 unspecified atom stereocenters. The molecule has 1 aromatic heterocycles. The highest BCUT2D eigenvalue weighted by atomic mass is 35.5. The van der Waals surface area contributed by atoms with E-state index in [1.165, 1.54) is 18.2 Å². The Morgan fingerprint density at radius 2 is 1.96 bits per heavy atom. The van der Waals surface area contributed by atoms with Gasteiger partial charge < -0.3 is 15.4 Å². The van der Waals surface area contributed by atoms with E-state index in [4.69, 9.17) is 10.5 Å². The molecule has 148 valence electrons. The van der Waals surface area contributed by atoms with Crippen molar-refractivity contribution in [1.82, 2.24) is 9.88 Å². The first kappa shape index (κ1) is 21.7. The standard InChI is InChI=1S/C18H21F2N3O2S.ClH/c19-13-3-1-4-14(20)16(13)17-22-15(11-26-17)18(24)23-8-5-12(6-9-23)25-10-2-7-21;/h1,3-4,11-12H,2,5-10,21H2;1H. The van der Waals surface area contributed by atoms with E-state index in [2.05, 4.69) is 4.98 Å². The van der Waals surface area contributed by atoms with Crippen molar-refractivity contribution < 1.29 is 18.3 Å². The Kier molecular flexibility index (Phi) is 8.09. The number of carbonyl (C=O) groups is 1. The molecule has 1 amide bonds. The van der Waals surface area contributed by atoms with Gasteiger partial charge in [-0.15, -0.1) is 23.7 Å². The van der Waals surface area contributed by atoms with E-state index in [-0.39, 0.29) is 40.7 Å². The Bertz CT molecular complexity index is 747. The monoisotopic (exact) mass is 417 g/mol. The average Bonchev–Trinajstić information content (AvgIpc) is 3.11. The van der Waals surface area contributed by atoms with Crippen LogP contribution in [0, 0.1) is 11.6 Å². The maximum Gasteiger partial charge on any atom is 0.273 e. The summed E-state index contributed by atoms with van der Waals surface area (Å²) in [5.74, 6) is -1.59. The minimum absolute atomic E-state index is 0. The van der Waals surface area contributed by atoms with Crippen molar-refractivity contribution in [3.8, 4) is 10.6 Å². The first-order valence-electron chi connectivity index (χ1n) is 8.61. The molecular formula is C18H22ClF2N3O2S. The summed E-state index contributed by atoms with van der Waals surface area (Å²) < 4.78 is 33.5. The molecule has 2 N–H and O–H groups in total. The summed E-state index contributed by atoms with van der Waals surface area (Å²) >= 11 is 1.06. The number of benzene rings is 1. The number of piperidine rings is 1. The molecule has 1 aliphatic rings. The normalized spacial score (nSPS) is 14.9. The summed E-state index contributed by atoms with van der Waals surface area (Å²) in [5.41, 5.74) is 5.47. The summed E-state index contributed by atoms with van der Waals surface area (Å²) in [6.45, 7) is 2.39. The number of thiazole rings is 1. The zero-order valence-corrected chi connectivity index (χ0v) is 16.3. The number of hydrogen-bond donors (Lipinski definition) is 1. The third-order valence-corrected chi connectivity index (χ3v) is 5.19. The Morgan fingerprint density at radius 1 is 1.30 bits per heavy atom. The summed E-state index contributed by atoms with van der Waals surface area (Å²) in [5, 5.41) is 1.72. The molecule has 3 rings (SSSR count). The van der Waals surface area contributed by atoms with E-state index in [0.717, 1.165) is 30.6 Å². The van der Waals surface area contributed by atoms with Gasteiger partial charge in [0.2, 0.25) is 0 Å². The van der Waals surface area contributed by atoms with E-state index >= 15 is 0 Å². The molecule has 9 heteroatoms. The number of carbonyl (C=O) groups excluding carboxylic acids is 1. The number of ether oxygens (including phenoxy) is 1. The Hall–Kier alpha value is -1.61. The number of nitrogens with two attached hydrogens (primary N) is 1. The van der Waals surface area contributed by atoms with Crippen molar-refractivity contribution in [3.63, 3.8) is 0 Å². The van der Waals surface area contributed by atoms with Gasteiger partial charge in [-0.25, -0.2) is 13.8 Å². The molecule has 2 aromatic rings. The number of nitrogens with zero attached hydrogens (tertiary/aromatic N) is 2. The second-order valence-corrected chi connectivity index (χ2v) is 7.00. The van der Waals surface area contributed by atoms with Gasteiger partial charge in [0.25, 0.3) is 5.91 Å². The molecule has 1 saturated heterocycles. The van der Waals surface area contributed by atoms with Gasteiger partial charge in [0.05, 0.1) is 11.7 Å². The van der Waals surface area contributed by atoms with Gasteiger partial charge in [-0.3, -0.25) is 4.79 Å². The number of rotatable bonds is 6. The molecule has 0 saturated carbocycles. The summed E-state index contributed by atoms with van der Waals surface area (Å²) in [4.78, 5) is 18.5. The molecule has 27 heavy (non-hydrogen) atoms. The lowest BCUT2D eigenvalue weighted by molar-refractivity contribution is 0.00831. The Labute approximate surface area is 166 Å². The van der Waals surface area contributed by atoms with E-state index in [9.17, 15) is 13.6 Å². The van der Waals surface area contributed by atoms with Gasteiger partial charge in [-0.1, -0.05) is 6.07 Å². The highest BCUT2D eigenvalue weighted by Crippen LogP contribution is 2.29. The molecule has 2 heterocycles. The molecule has 0 spiro atoms. The maximum absolute atomic E-state index is 13.9. The molecule has 1 fully saturated rings. The third kappa shape index (κ3) is 5.22. The van der Waals surface area contributed by atoms with Crippen molar-refractivity contribution in [1.29, 1.82) is 0 Å². The van der Waals surface area contributed by atoms with Crippen LogP contribution in [0.15, 0.2) is 23.6 Å². The van der Waals surface area contributed by atoms with Crippen LogP contribution in [0.1, 0.15) is 29.8 Å². The number of halogens is 3. The zero-order valence-electron chi connectivity index (χ0n) is 14.7. The first-order valence-corrected chi connectivity index (χ1v) is 9.49. The molecule has 0 aliphatic carbocycles. The lowest BCUT2D eigenvalue weighted by Crippen LogP contribution is -2.41. The van der Waals surface area contributed by atoms with Crippen LogP contribution < -0.4 is 5.73 Å². The topological polar surface area (TPSA) is 68.5 Å². The Balaban J connectivity index is 0.00000261.